The van der Waals surface area contributed by atoms with E-state index in [1.165, 1.54) is 6.92 Å². The summed E-state index contributed by atoms with van der Waals surface area (Å²) in [5, 5.41) is 11.8. The highest BCUT2D eigenvalue weighted by Gasteiger charge is 2.25. The molecule has 7 nitrogen and oxygen atoms in total. The number of aromatic nitrogens is 2. The standard InChI is InChI=1S/C20H27N5O.C2HF3O/c1-14(2)24-8-10-25(11-9-24)20-15(3)12-19(22-23-20)17-6-5-7-18(13-17)21-16(4)26;3-2(4,5)1-6/h5-7,12-14H,8-11H2,1-4H3,(H,21,26);1H. The van der Waals surface area contributed by atoms with Crippen LogP contribution in [0.2, 0.25) is 0 Å². The van der Waals surface area contributed by atoms with Gasteiger partial charge in [0.2, 0.25) is 12.2 Å². The second-order valence-electron chi connectivity index (χ2n) is 7.77. The fraction of sp³-hybridized carbons (Fsp3) is 0.455. The van der Waals surface area contributed by atoms with Crippen molar-refractivity contribution in [3.8, 4) is 11.3 Å². The van der Waals surface area contributed by atoms with Gasteiger partial charge in [0, 0.05) is 50.4 Å². The number of carbonyl (C=O) groups excluding carboxylic acids is 2. The van der Waals surface area contributed by atoms with Gasteiger partial charge < -0.3 is 10.2 Å². The summed E-state index contributed by atoms with van der Waals surface area (Å²) < 4.78 is 31.2. The van der Waals surface area contributed by atoms with Gasteiger partial charge in [-0.05, 0) is 44.5 Å². The van der Waals surface area contributed by atoms with E-state index in [4.69, 9.17) is 4.79 Å². The highest BCUT2D eigenvalue weighted by molar-refractivity contribution is 5.89. The van der Waals surface area contributed by atoms with Crippen LogP contribution in [0.4, 0.5) is 24.7 Å². The van der Waals surface area contributed by atoms with Gasteiger partial charge in [-0.25, -0.2) is 0 Å². The van der Waals surface area contributed by atoms with Gasteiger partial charge in [-0.1, -0.05) is 12.1 Å². The Morgan fingerprint density at radius 2 is 1.75 bits per heavy atom. The largest absolute Gasteiger partial charge is 0.446 e. The molecule has 0 unspecified atom stereocenters. The van der Waals surface area contributed by atoms with E-state index in [0.717, 1.165) is 54.5 Å². The second kappa shape index (κ2) is 11.0. The Morgan fingerprint density at radius 3 is 2.25 bits per heavy atom. The van der Waals surface area contributed by atoms with Crippen molar-refractivity contribution in [2.75, 3.05) is 36.4 Å². The fourth-order valence-corrected chi connectivity index (χ4v) is 3.34. The van der Waals surface area contributed by atoms with E-state index >= 15 is 0 Å². The first-order chi connectivity index (χ1) is 15.0. The molecule has 0 atom stereocenters. The predicted octanol–water partition coefficient (Wildman–Crippen LogP) is 3.69. The molecule has 0 aliphatic carbocycles. The summed E-state index contributed by atoms with van der Waals surface area (Å²) in [4.78, 5) is 24.8. The van der Waals surface area contributed by atoms with E-state index in [9.17, 15) is 18.0 Å². The first-order valence-corrected chi connectivity index (χ1v) is 10.2. The number of halogens is 3. The SMILES string of the molecule is CC(=O)Nc1cccc(-c2cc(C)c(N3CCN(C(C)C)CC3)nn2)c1.O=CC(F)(F)F. The molecule has 1 aromatic carbocycles. The highest BCUT2D eigenvalue weighted by atomic mass is 19.4. The first-order valence-electron chi connectivity index (χ1n) is 10.2. The molecule has 1 aliphatic rings. The molecule has 0 radical (unpaired) electrons. The van der Waals surface area contributed by atoms with Crippen LogP contribution in [0.5, 0.6) is 0 Å². The number of amides is 1. The van der Waals surface area contributed by atoms with E-state index in [1.807, 2.05) is 24.3 Å². The molecule has 2 heterocycles. The molecule has 1 amide bonds. The van der Waals surface area contributed by atoms with Crippen molar-refractivity contribution < 1.29 is 22.8 Å². The van der Waals surface area contributed by atoms with E-state index < -0.39 is 12.5 Å². The van der Waals surface area contributed by atoms with Crippen LogP contribution in [0, 0.1) is 6.92 Å². The molecule has 1 fully saturated rings. The summed E-state index contributed by atoms with van der Waals surface area (Å²) in [6.45, 7) is 12.1. The molecule has 10 heteroatoms. The maximum Gasteiger partial charge on any atom is 0.446 e. The summed E-state index contributed by atoms with van der Waals surface area (Å²) in [7, 11) is 0. The topological polar surface area (TPSA) is 78.4 Å². The molecule has 0 spiro atoms. The second-order valence-corrected chi connectivity index (χ2v) is 7.77. The van der Waals surface area contributed by atoms with E-state index in [1.54, 1.807) is 0 Å². The molecule has 3 rings (SSSR count). The molecular formula is C22H28F3N5O2. The number of nitrogens with one attached hydrogen (secondary N) is 1. The number of rotatable bonds is 4. The van der Waals surface area contributed by atoms with Crippen LogP contribution in [0.3, 0.4) is 0 Å². The van der Waals surface area contributed by atoms with Gasteiger partial charge in [0.05, 0.1) is 5.69 Å². The molecule has 1 aromatic heterocycles. The van der Waals surface area contributed by atoms with Crippen LogP contribution in [-0.4, -0.2) is 65.7 Å². The fourth-order valence-electron chi connectivity index (χ4n) is 3.34. The maximum absolute atomic E-state index is 11.3. The van der Waals surface area contributed by atoms with Crippen LogP contribution in [0.25, 0.3) is 11.3 Å². The molecule has 1 aliphatic heterocycles. The van der Waals surface area contributed by atoms with Crippen LogP contribution < -0.4 is 10.2 Å². The van der Waals surface area contributed by atoms with E-state index in [0.29, 0.717) is 6.04 Å². The summed E-state index contributed by atoms with van der Waals surface area (Å²) in [6.07, 6.45) is -5.70. The van der Waals surface area contributed by atoms with Gasteiger partial charge in [-0.2, -0.15) is 13.2 Å². The third-order valence-corrected chi connectivity index (χ3v) is 4.91. The van der Waals surface area contributed by atoms with Crippen LogP contribution in [0.15, 0.2) is 30.3 Å². The predicted molar refractivity (Wildman–Crippen MR) is 118 cm³/mol. The van der Waals surface area contributed by atoms with Crippen molar-refractivity contribution >= 4 is 23.7 Å². The summed E-state index contributed by atoms with van der Waals surface area (Å²) in [6, 6.07) is 10.3. The zero-order valence-corrected chi connectivity index (χ0v) is 18.6. The number of piperazine rings is 1. The summed E-state index contributed by atoms with van der Waals surface area (Å²) >= 11 is 0. The number of benzene rings is 1. The van der Waals surface area contributed by atoms with Gasteiger partial charge in [0.15, 0.2) is 5.82 Å². The quantitative estimate of drug-likeness (QED) is 0.715. The van der Waals surface area contributed by atoms with Crippen LogP contribution >= 0.6 is 0 Å². The Morgan fingerprint density at radius 1 is 1.12 bits per heavy atom. The number of aldehydes is 1. The van der Waals surface area contributed by atoms with Crippen molar-refractivity contribution in [3.05, 3.63) is 35.9 Å². The lowest BCUT2D eigenvalue weighted by Crippen LogP contribution is -2.49. The molecule has 1 saturated heterocycles. The molecule has 174 valence electrons. The molecular weight excluding hydrogens is 423 g/mol. The highest BCUT2D eigenvalue weighted by Crippen LogP contribution is 2.25. The van der Waals surface area contributed by atoms with Crippen molar-refractivity contribution in [2.24, 2.45) is 0 Å². The third kappa shape index (κ3) is 7.60. The van der Waals surface area contributed by atoms with Crippen molar-refractivity contribution in [1.29, 1.82) is 0 Å². The third-order valence-electron chi connectivity index (χ3n) is 4.91. The number of nitrogens with zero attached hydrogens (tertiary/aromatic N) is 4. The molecule has 2 aromatic rings. The van der Waals surface area contributed by atoms with Crippen molar-refractivity contribution in [2.45, 2.75) is 39.9 Å². The van der Waals surface area contributed by atoms with Gasteiger partial charge >= 0.3 is 6.18 Å². The van der Waals surface area contributed by atoms with Crippen LogP contribution in [0.1, 0.15) is 26.3 Å². The average Bonchev–Trinajstić information content (AvgIpc) is 2.73. The average molecular weight is 451 g/mol. The number of anilines is 2. The zero-order valence-electron chi connectivity index (χ0n) is 18.6. The normalized spacial score (nSPS) is 14.6. The molecule has 0 bridgehead atoms. The summed E-state index contributed by atoms with van der Waals surface area (Å²) in [5.41, 5.74) is 3.66. The van der Waals surface area contributed by atoms with Crippen molar-refractivity contribution in [3.63, 3.8) is 0 Å². The monoisotopic (exact) mass is 451 g/mol. The Hall–Kier alpha value is -3.01. The first kappa shape index (κ1) is 25.3. The summed E-state index contributed by atoms with van der Waals surface area (Å²) in [5.74, 6) is 0.885. The number of alkyl halides is 3. The lowest BCUT2D eigenvalue weighted by molar-refractivity contribution is -0.156. The van der Waals surface area contributed by atoms with E-state index in [2.05, 4.69) is 52.2 Å². The minimum absolute atomic E-state index is 0.0831. The lowest BCUT2D eigenvalue weighted by Gasteiger charge is -2.37. The smallest absolute Gasteiger partial charge is 0.352 e. The molecule has 32 heavy (non-hydrogen) atoms. The van der Waals surface area contributed by atoms with Gasteiger partial charge in [-0.3, -0.25) is 14.5 Å². The number of aryl methyl sites for hydroxylation is 1. The molecule has 1 N–H and O–H groups in total. The van der Waals surface area contributed by atoms with Gasteiger partial charge in [0.1, 0.15) is 0 Å². The zero-order chi connectivity index (χ0) is 23.9. The lowest BCUT2D eigenvalue weighted by atomic mass is 10.1. The number of carbonyl (C=O) groups is 2. The van der Waals surface area contributed by atoms with Gasteiger partial charge in [0.25, 0.3) is 0 Å². The Labute approximate surface area is 185 Å². The van der Waals surface area contributed by atoms with Crippen LogP contribution in [-0.2, 0) is 9.59 Å². The number of hydrogen-bond acceptors (Lipinski definition) is 6. The number of hydrogen-bond donors (Lipinski definition) is 1. The van der Waals surface area contributed by atoms with Crippen molar-refractivity contribution in [1.82, 2.24) is 15.1 Å². The minimum Gasteiger partial charge on any atom is -0.352 e. The van der Waals surface area contributed by atoms with E-state index in [-0.39, 0.29) is 5.91 Å². The maximum atomic E-state index is 11.3. The van der Waals surface area contributed by atoms with Gasteiger partial charge in [-0.15, -0.1) is 10.2 Å². The molecule has 0 saturated carbocycles. The minimum atomic E-state index is -4.64. The Balaban J connectivity index is 0.000000534. The Bertz CT molecular complexity index is 926. The Kier molecular flexibility index (Phi) is 8.71.